The van der Waals surface area contributed by atoms with Gasteiger partial charge in [-0.1, -0.05) is 78.9 Å². The van der Waals surface area contributed by atoms with Gasteiger partial charge in [-0.3, -0.25) is 0 Å². The molecule has 232 valence electrons. The summed E-state index contributed by atoms with van der Waals surface area (Å²) in [7, 11) is 0. The van der Waals surface area contributed by atoms with Crippen molar-refractivity contribution in [2.75, 3.05) is 0 Å². The molecule has 0 saturated carbocycles. The van der Waals surface area contributed by atoms with E-state index in [4.69, 9.17) is 0 Å². The maximum Gasteiger partial charge on any atom is 0.0991 e. The lowest BCUT2D eigenvalue weighted by atomic mass is 9.92. The van der Waals surface area contributed by atoms with E-state index in [1.54, 1.807) is 0 Å². The number of hydrogen-bond acceptors (Lipinski definition) is 3. The average Bonchev–Trinajstić information content (AvgIpc) is 3.70. The Hall–Kier alpha value is -7.13. The van der Waals surface area contributed by atoms with Crippen molar-refractivity contribution >= 4 is 38.8 Å². The summed E-state index contributed by atoms with van der Waals surface area (Å²) in [5.41, 5.74) is 12.4. The Kier molecular flexibility index (Phi) is 6.70. The Bertz CT molecular complexity index is 2840. The third-order valence-electron chi connectivity index (χ3n) is 9.87. The molecule has 6 aromatic carbocycles. The fourth-order valence-electron chi connectivity index (χ4n) is 7.65. The third kappa shape index (κ3) is 4.45. The molecule has 0 bridgehead atoms. The molecule has 0 radical (unpaired) electrons. The van der Waals surface area contributed by atoms with E-state index in [0.29, 0.717) is 17.5 Å². The van der Waals surface area contributed by atoms with Crippen LogP contribution >= 0.6 is 0 Å². The number of nitriles is 3. The molecule has 1 atom stereocenters. The highest BCUT2D eigenvalue weighted by atomic mass is 15.0. The quantitative estimate of drug-likeness (QED) is 0.193. The largest absolute Gasteiger partial charge is 0.312 e. The van der Waals surface area contributed by atoms with Crippen molar-refractivity contribution in [2.45, 2.75) is 12.3 Å². The number of para-hydroxylation sites is 2. The van der Waals surface area contributed by atoms with Gasteiger partial charge in [-0.15, -0.1) is 0 Å². The number of hydrogen-bond donors (Lipinski definition) is 0. The fourth-order valence-corrected chi connectivity index (χ4v) is 7.65. The summed E-state index contributed by atoms with van der Waals surface area (Å²) in [4.78, 5) is 0. The van der Waals surface area contributed by atoms with Gasteiger partial charge in [-0.25, -0.2) is 0 Å². The molecule has 1 aliphatic carbocycles. The molecule has 0 saturated heterocycles. The van der Waals surface area contributed by atoms with Crippen LogP contribution in [-0.2, 0) is 0 Å². The van der Waals surface area contributed by atoms with Gasteiger partial charge in [0.2, 0.25) is 0 Å². The monoisotopic (exact) mass is 637 g/mol. The van der Waals surface area contributed by atoms with Crippen molar-refractivity contribution in [3.8, 4) is 51.8 Å². The summed E-state index contributed by atoms with van der Waals surface area (Å²) in [5, 5.41) is 33.0. The van der Waals surface area contributed by atoms with Gasteiger partial charge in [0.15, 0.2) is 0 Å². The minimum Gasteiger partial charge on any atom is -0.312 e. The first-order valence-electron chi connectivity index (χ1n) is 16.6. The van der Waals surface area contributed by atoms with Crippen LogP contribution in [0.25, 0.3) is 72.4 Å². The van der Waals surface area contributed by atoms with Gasteiger partial charge in [0.05, 0.1) is 57.5 Å². The number of rotatable bonds is 4. The molecule has 5 heteroatoms. The first kappa shape index (κ1) is 29.0. The Balaban J connectivity index is 1.22. The van der Waals surface area contributed by atoms with Gasteiger partial charge in [0, 0.05) is 38.7 Å². The number of fused-ring (bicyclic) bond motifs is 6. The second-order valence-electron chi connectivity index (χ2n) is 12.6. The highest BCUT2D eigenvalue weighted by Crippen LogP contribution is 2.41. The Morgan fingerprint density at radius 1 is 0.540 bits per heavy atom. The molecular weight excluding hydrogens is 611 g/mol. The van der Waals surface area contributed by atoms with Crippen LogP contribution in [0, 0.1) is 34.0 Å². The summed E-state index contributed by atoms with van der Waals surface area (Å²) in [6.07, 6.45) is 4.95. The van der Waals surface area contributed by atoms with Crippen molar-refractivity contribution < 1.29 is 0 Å². The van der Waals surface area contributed by atoms with Crippen molar-refractivity contribution in [3.63, 3.8) is 0 Å². The van der Waals surface area contributed by atoms with Crippen LogP contribution in [0.2, 0.25) is 0 Å². The number of benzene rings is 6. The van der Waals surface area contributed by atoms with E-state index in [1.165, 1.54) is 0 Å². The summed E-state index contributed by atoms with van der Waals surface area (Å²) in [6, 6.07) is 52.4. The first-order chi connectivity index (χ1) is 24.7. The lowest BCUT2D eigenvalue weighted by Gasteiger charge is -2.18. The molecule has 9 rings (SSSR count). The van der Waals surface area contributed by atoms with Gasteiger partial charge in [0.25, 0.3) is 0 Å². The van der Waals surface area contributed by atoms with Crippen LogP contribution < -0.4 is 0 Å². The molecule has 5 nitrogen and oxygen atoms in total. The van der Waals surface area contributed by atoms with Crippen LogP contribution in [0.5, 0.6) is 0 Å². The standard InChI is InChI=1S/C45H27N5/c46-26-29-18-20-43(50-42-17-4-2-14-37(42)40-23-30(27-47)19-21-44(40)50)39(22-29)33-10-5-8-31(24-33)32-9-6-12-35(25-32)49-41-16-3-1-13-36(41)38-15-7-11-34(28-48)45(38)49/h1-10,12-25,34H,11H2. The van der Waals surface area contributed by atoms with E-state index in [9.17, 15) is 15.8 Å². The molecule has 0 amide bonds. The second kappa shape index (κ2) is 11.5. The van der Waals surface area contributed by atoms with E-state index in [-0.39, 0.29) is 5.92 Å². The summed E-state index contributed by atoms with van der Waals surface area (Å²) in [5.74, 6) is -0.229. The van der Waals surface area contributed by atoms with Crippen LogP contribution in [0.15, 0.2) is 140 Å². The fraction of sp³-hybridized carbons (Fsp3) is 0.0444. The van der Waals surface area contributed by atoms with E-state index < -0.39 is 0 Å². The zero-order valence-corrected chi connectivity index (χ0v) is 26.9. The second-order valence-corrected chi connectivity index (χ2v) is 12.6. The van der Waals surface area contributed by atoms with Crippen LogP contribution in [0.1, 0.15) is 34.7 Å². The first-order valence-corrected chi connectivity index (χ1v) is 16.6. The molecule has 1 unspecified atom stereocenters. The predicted octanol–water partition coefficient (Wildman–Crippen LogP) is 10.8. The Morgan fingerprint density at radius 3 is 2.00 bits per heavy atom. The minimum atomic E-state index is -0.229. The maximum absolute atomic E-state index is 10.1. The van der Waals surface area contributed by atoms with Crippen molar-refractivity contribution in [1.82, 2.24) is 9.13 Å². The Morgan fingerprint density at radius 2 is 1.20 bits per heavy atom. The maximum atomic E-state index is 10.1. The number of allylic oxidation sites excluding steroid dienone is 1. The zero-order valence-electron chi connectivity index (χ0n) is 26.9. The topological polar surface area (TPSA) is 81.2 Å². The molecule has 50 heavy (non-hydrogen) atoms. The average molecular weight is 638 g/mol. The third-order valence-corrected chi connectivity index (χ3v) is 9.87. The van der Waals surface area contributed by atoms with Crippen molar-refractivity contribution in [2.24, 2.45) is 0 Å². The molecule has 0 aliphatic heterocycles. The molecular formula is C45H27N5. The van der Waals surface area contributed by atoms with Gasteiger partial charge in [-0.05, 0) is 89.8 Å². The van der Waals surface area contributed by atoms with Crippen LogP contribution in [0.3, 0.4) is 0 Å². The minimum absolute atomic E-state index is 0.229. The predicted molar refractivity (Wildman–Crippen MR) is 200 cm³/mol. The SMILES string of the molecule is N#Cc1ccc(-n2c3ccccc3c3cc(C#N)ccc32)c(-c2cccc(-c3cccc(-n4c5c(c6ccccc64)C=CCC5C#N)c3)c2)c1. The van der Waals surface area contributed by atoms with Crippen LogP contribution in [-0.4, -0.2) is 9.13 Å². The normalized spacial score (nSPS) is 13.6. The zero-order chi connectivity index (χ0) is 33.8. The van der Waals surface area contributed by atoms with E-state index in [2.05, 4.69) is 124 Å². The van der Waals surface area contributed by atoms with Gasteiger partial charge < -0.3 is 9.13 Å². The van der Waals surface area contributed by atoms with Gasteiger partial charge >= 0.3 is 0 Å². The highest BCUT2D eigenvalue weighted by molar-refractivity contribution is 6.10. The van der Waals surface area contributed by atoms with Gasteiger partial charge in [0.1, 0.15) is 0 Å². The molecule has 0 spiro atoms. The molecule has 2 aromatic heterocycles. The summed E-state index contributed by atoms with van der Waals surface area (Å²) in [6.45, 7) is 0. The molecule has 0 N–H and O–H groups in total. The smallest absolute Gasteiger partial charge is 0.0991 e. The molecule has 1 aliphatic rings. The lowest BCUT2D eigenvalue weighted by molar-refractivity contribution is 0.801. The van der Waals surface area contributed by atoms with Gasteiger partial charge in [-0.2, -0.15) is 15.8 Å². The van der Waals surface area contributed by atoms with Crippen molar-refractivity contribution in [3.05, 3.63) is 162 Å². The highest BCUT2D eigenvalue weighted by Gasteiger charge is 2.26. The molecule has 8 aromatic rings. The number of aromatic nitrogens is 2. The van der Waals surface area contributed by atoms with Crippen molar-refractivity contribution in [1.29, 1.82) is 15.8 Å². The number of nitrogens with zero attached hydrogens (tertiary/aromatic N) is 5. The summed E-state index contributed by atoms with van der Waals surface area (Å²) < 4.78 is 4.49. The van der Waals surface area contributed by atoms with E-state index in [1.807, 2.05) is 48.5 Å². The molecule has 0 fully saturated rings. The van der Waals surface area contributed by atoms with Crippen LogP contribution in [0.4, 0.5) is 0 Å². The van der Waals surface area contributed by atoms with E-state index >= 15 is 0 Å². The summed E-state index contributed by atoms with van der Waals surface area (Å²) >= 11 is 0. The Labute approximate surface area is 289 Å². The van der Waals surface area contributed by atoms with E-state index in [0.717, 1.165) is 77.6 Å². The molecule has 2 heterocycles. The lowest BCUT2D eigenvalue weighted by Crippen LogP contribution is -2.08.